The van der Waals surface area contributed by atoms with Gasteiger partial charge in [-0.2, -0.15) is 15.0 Å². The van der Waals surface area contributed by atoms with Gasteiger partial charge in [0.2, 0.25) is 11.2 Å². The fourth-order valence-electron chi connectivity index (χ4n) is 5.32. The average molecular weight is 539 g/mol. The van der Waals surface area contributed by atoms with Crippen LogP contribution in [-0.4, -0.2) is 15.0 Å². The van der Waals surface area contributed by atoms with Crippen LogP contribution in [0.4, 0.5) is 17.3 Å². The van der Waals surface area contributed by atoms with Crippen molar-refractivity contribution in [3.8, 4) is 11.4 Å². The number of furan rings is 2. The number of para-hydroxylation sites is 3. The minimum atomic E-state index is 0.0994. The van der Waals surface area contributed by atoms with E-state index in [0.29, 0.717) is 11.8 Å². The number of fused-ring (bicyclic) bond motifs is 6. The third kappa shape index (κ3) is 3.61. The van der Waals surface area contributed by atoms with E-state index in [1.54, 1.807) is 0 Å². The summed E-state index contributed by atoms with van der Waals surface area (Å²) >= 11 is 6.58. The van der Waals surface area contributed by atoms with Crippen LogP contribution in [0, 0.1) is 0 Å². The zero-order chi connectivity index (χ0) is 26.6. The van der Waals surface area contributed by atoms with Gasteiger partial charge in [-0.1, -0.05) is 60.7 Å². The van der Waals surface area contributed by atoms with Crippen LogP contribution in [0.15, 0.2) is 124 Å². The highest BCUT2D eigenvalue weighted by Crippen LogP contribution is 2.42. The summed E-state index contributed by atoms with van der Waals surface area (Å²) in [4.78, 5) is 16.1. The van der Waals surface area contributed by atoms with Crippen LogP contribution in [0.1, 0.15) is 0 Å². The second-order valence-corrected chi connectivity index (χ2v) is 9.79. The first-order valence-corrected chi connectivity index (χ1v) is 13.2. The molecule has 0 unspecified atom stereocenters. The summed E-state index contributed by atoms with van der Waals surface area (Å²) in [5.41, 5.74) is 5.78. The Morgan fingerprint density at radius 2 is 1.23 bits per heavy atom. The second-order valence-electron chi connectivity index (χ2n) is 9.46. The third-order valence-electron chi connectivity index (χ3n) is 7.07. The maximum atomic E-state index is 6.58. The number of halogens is 1. The van der Waals surface area contributed by atoms with Gasteiger partial charge in [0.25, 0.3) is 0 Å². The maximum Gasteiger partial charge on any atom is 0.239 e. The molecule has 0 atom stereocenters. The molecular formula is C33H19ClN4O2. The SMILES string of the molecule is Clc1nc(-c2ccc3oc4ccccc4c3c2)nc(N(c2ccccc2)c2cccc3oc4ccccc4c23)n1. The van der Waals surface area contributed by atoms with Gasteiger partial charge in [0, 0.05) is 27.4 Å². The molecular weight excluding hydrogens is 520 g/mol. The molecule has 190 valence electrons. The van der Waals surface area contributed by atoms with Crippen molar-refractivity contribution >= 4 is 72.8 Å². The van der Waals surface area contributed by atoms with E-state index in [1.165, 1.54) is 0 Å². The zero-order valence-corrected chi connectivity index (χ0v) is 21.7. The van der Waals surface area contributed by atoms with E-state index in [4.69, 9.17) is 25.4 Å². The molecule has 7 heteroatoms. The summed E-state index contributed by atoms with van der Waals surface area (Å²) < 4.78 is 12.2. The molecule has 0 saturated heterocycles. The Hall–Kier alpha value is -5.20. The van der Waals surface area contributed by atoms with Gasteiger partial charge in [-0.3, -0.25) is 4.90 Å². The van der Waals surface area contributed by atoms with Crippen LogP contribution in [0.25, 0.3) is 55.3 Å². The van der Waals surface area contributed by atoms with Crippen molar-refractivity contribution < 1.29 is 8.83 Å². The largest absolute Gasteiger partial charge is 0.456 e. The monoisotopic (exact) mass is 538 g/mol. The molecule has 0 fully saturated rings. The van der Waals surface area contributed by atoms with Gasteiger partial charge < -0.3 is 8.83 Å². The molecule has 0 aliphatic heterocycles. The molecule has 0 spiro atoms. The predicted octanol–water partition coefficient (Wildman–Crippen LogP) is 9.46. The highest BCUT2D eigenvalue weighted by atomic mass is 35.5. The van der Waals surface area contributed by atoms with E-state index < -0.39 is 0 Å². The first kappa shape index (κ1) is 22.8. The molecule has 5 aromatic carbocycles. The summed E-state index contributed by atoms with van der Waals surface area (Å²) in [7, 11) is 0. The molecule has 8 rings (SSSR count). The lowest BCUT2D eigenvalue weighted by Crippen LogP contribution is -2.15. The maximum absolute atomic E-state index is 6.58. The zero-order valence-electron chi connectivity index (χ0n) is 21.0. The lowest BCUT2D eigenvalue weighted by atomic mass is 10.1. The topological polar surface area (TPSA) is 68.2 Å². The van der Waals surface area contributed by atoms with Crippen LogP contribution in [0.5, 0.6) is 0 Å². The van der Waals surface area contributed by atoms with Gasteiger partial charge in [0.1, 0.15) is 22.3 Å². The Kier molecular flexibility index (Phi) is 5.08. The van der Waals surface area contributed by atoms with E-state index >= 15 is 0 Å². The summed E-state index contributed by atoms with van der Waals surface area (Å²) in [6, 6.07) is 37.9. The number of anilines is 3. The van der Waals surface area contributed by atoms with Crippen molar-refractivity contribution in [2.75, 3.05) is 4.90 Å². The van der Waals surface area contributed by atoms with Crippen molar-refractivity contribution in [1.29, 1.82) is 0 Å². The Morgan fingerprint density at radius 3 is 2.08 bits per heavy atom. The van der Waals surface area contributed by atoms with E-state index in [0.717, 1.165) is 60.8 Å². The van der Waals surface area contributed by atoms with Crippen molar-refractivity contribution in [1.82, 2.24) is 15.0 Å². The van der Waals surface area contributed by atoms with Crippen LogP contribution in [0.3, 0.4) is 0 Å². The van der Waals surface area contributed by atoms with Gasteiger partial charge in [0.05, 0.1) is 11.1 Å². The molecule has 3 heterocycles. The Balaban J connectivity index is 1.36. The molecule has 0 bridgehead atoms. The highest BCUT2D eigenvalue weighted by molar-refractivity contribution is 6.28. The smallest absolute Gasteiger partial charge is 0.239 e. The summed E-state index contributed by atoms with van der Waals surface area (Å²) in [5.74, 6) is 0.864. The number of rotatable bonds is 4. The number of benzene rings is 5. The Bertz CT molecular complexity index is 2200. The average Bonchev–Trinajstić information content (AvgIpc) is 3.56. The number of hydrogen-bond acceptors (Lipinski definition) is 6. The summed E-state index contributed by atoms with van der Waals surface area (Å²) in [5, 5.41) is 4.09. The first-order chi connectivity index (χ1) is 19.7. The summed E-state index contributed by atoms with van der Waals surface area (Å²) in [6.45, 7) is 0. The van der Waals surface area contributed by atoms with E-state index in [2.05, 4.69) is 16.0 Å². The molecule has 8 aromatic rings. The first-order valence-electron chi connectivity index (χ1n) is 12.8. The lowest BCUT2D eigenvalue weighted by molar-refractivity contribution is 0.668. The van der Waals surface area contributed by atoms with Gasteiger partial charge in [-0.05, 0) is 66.2 Å². The fourth-order valence-corrected chi connectivity index (χ4v) is 5.47. The normalized spacial score (nSPS) is 11.6. The second kappa shape index (κ2) is 8.93. The molecule has 40 heavy (non-hydrogen) atoms. The molecule has 0 aliphatic rings. The Morgan fingerprint density at radius 1 is 0.550 bits per heavy atom. The van der Waals surface area contributed by atoms with Crippen molar-refractivity contribution in [2.45, 2.75) is 0 Å². The summed E-state index contributed by atoms with van der Waals surface area (Å²) in [6.07, 6.45) is 0. The number of hydrogen-bond donors (Lipinski definition) is 0. The van der Waals surface area contributed by atoms with E-state index in [1.807, 2.05) is 114 Å². The Labute approximate surface area is 233 Å². The molecule has 0 N–H and O–H groups in total. The van der Waals surface area contributed by atoms with Crippen molar-refractivity contribution in [3.63, 3.8) is 0 Å². The van der Waals surface area contributed by atoms with Crippen molar-refractivity contribution in [2.24, 2.45) is 0 Å². The van der Waals surface area contributed by atoms with Gasteiger partial charge in [-0.25, -0.2) is 0 Å². The third-order valence-corrected chi connectivity index (χ3v) is 7.24. The predicted molar refractivity (Wildman–Crippen MR) is 160 cm³/mol. The van der Waals surface area contributed by atoms with E-state index in [9.17, 15) is 0 Å². The van der Waals surface area contributed by atoms with Crippen LogP contribution < -0.4 is 4.90 Å². The van der Waals surface area contributed by atoms with Gasteiger partial charge in [0.15, 0.2) is 5.82 Å². The van der Waals surface area contributed by atoms with Crippen LogP contribution in [-0.2, 0) is 0 Å². The molecule has 0 saturated carbocycles. The van der Waals surface area contributed by atoms with Gasteiger partial charge in [-0.15, -0.1) is 0 Å². The van der Waals surface area contributed by atoms with Gasteiger partial charge >= 0.3 is 0 Å². The minimum Gasteiger partial charge on any atom is -0.456 e. The lowest BCUT2D eigenvalue weighted by Gasteiger charge is -2.24. The van der Waals surface area contributed by atoms with Crippen LogP contribution in [0.2, 0.25) is 5.28 Å². The highest BCUT2D eigenvalue weighted by Gasteiger charge is 2.22. The standard InChI is InChI=1S/C33H19ClN4O2/c34-32-35-31(20-17-18-28-24(19-20)22-11-4-6-14-26(22)39-28)36-33(37-32)38(21-9-2-1-3-10-21)25-13-8-16-29-30(25)23-12-5-7-15-27(23)40-29/h1-19H. The van der Waals surface area contributed by atoms with Crippen LogP contribution >= 0.6 is 11.6 Å². The quantitative estimate of drug-likeness (QED) is 0.222. The number of nitrogens with zero attached hydrogens (tertiary/aromatic N) is 4. The minimum absolute atomic E-state index is 0.0994. The molecule has 0 aliphatic carbocycles. The molecule has 0 radical (unpaired) electrons. The fraction of sp³-hybridized carbons (Fsp3) is 0. The molecule has 6 nitrogen and oxygen atoms in total. The van der Waals surface area contributed by atoms with Crippen molar-refractivity contribution in [3.05, 3.63) is 121 Å². The molecule has 3 aromatic heterocycles. The van der Waals surface area contributed by atoms with E-state index in [-0.39, 0.29) is 5.28 Å². The molecule has 0 amide bonds. The number of aromatic nitrogens is 3.